The first-order valence-electron chi connectivity index (χ1n) is 8.82. The standard InChI is InChI=1S/C22H21N3O2S/c1-23-22(27)25-18-12-8-11-17(15-18)24-21(26)20(16-9-4-2-5-10-16)28-19-13-6-3-7-14-19/h2-15,20H,1H3,(H,24,26)(H2,23,25,27). The third-order valence-corrected chi connectivity index (χ3v) is 5.22. The molecule has 5 nitrogen and oxygen atoms in total. The van der Waals surface area contributed by atoms with Crippen molar-refractivity contribution in [1.82, 2.24) is 5.32 Å². The Kier molecular flexibility index (Phi) is 6.70. The zero-order valence-corrected chi connectivity index (χ0v) is 16.2. The van der Waals surface area contributed by atoms with Crippen molar-refractivity contribution in [3.05, 3.63) is 90.5 Å². The van der Waals surface area contributed by atoms with E-state index in [2.05, 4.69) is 16.0 Å². The number of thioether (sulfide) groups is 1. The van der Waals surface area contributed by atoms with Crippen LogP contribution in [0.25, 0.3) is 0 Å². The van der Waals surface area contributed by atoms with Crippen molar-refractivity contribution in [2.75, 3.05) is 17.7 Å². The highest BCUT2D eigenvalue weighted by Gasteiger charge is 2.22. The Labute approximate surface area is 168 Å². The van der Waals surface area contributed by atoms with Crippen LogP contribution in [0.5, 0.6) is 0 Å². The van der Waals surface area contributed by atoms with Gasteiger partial charge in [-0.3, -0.25) is 4.79 Å². The molecule has 3 rings (SSSR count). The maximum atomic E-state index is 13.1. The number of amides is 3. The van der Waals surface area contributed by atoms with Crippen LogP contribution in [0, 0.1) is 0 Å². The van der Waals surface area contributed by atoms with E-state index in [0.29, 0.717) is 11.4 Å². The van der Waals surface area contributed by atoms with Crippen LogP contribution >= 0.6 is 11.8 Å². The summed E-state index contributed by atoms with van der Waals surface area (Å²) in [6.45, 7) is 0. The summed E-state index contributed by atoms with van der Waals surface area (Å²) < 4.78 is 0. The predicted octanol–water partition coefficient (Wildman–Crippen LogP) is 4.91. The number of rotatable bonds is 6. The van der Waals surface area contributed by atoms with Crippen LogP contribution in [0.1, 0.15) is 10.8 Å². The van der Waals surface area contributed by atoms with Crippen LogP contribution < -0.4 is 16.0 Å². The molecular weight excluding hydrogens is 370 g/mol. The topological polar surface area (TPSA) is 70.2 Å². The van der Waals surface area contributed by atoms with E-state index in [1.807, 2.05) is 60.7 Å². The second-order valence-electron chi connectivity index (χ2n) is 6.00. The lowest BCUT2D eigenvalue weighted by molar-refractivity contribution is -0.115. The van der Waals surface area contributed by atoms with Crippen molar-refractivity contribution in [1.29, 1.82) is 0 Å². The lowest BCUT2D eigenvalue weighted by atomic mass is 10.1. The Balaban J connectivity index is 1.80. The van der Waals surface area contributed by atoms with Gasteiger partial charge in [0.15, 0.2) is 0 Å². The van der Waals surface area contributed by atoms with Gasteiger partial charge in [0.2, 0.25) is 5.91 Å². The molecule has 1 unspecified atom stereocenters. The maximum Gasteiger partial charge on any atom is 0.318 e. The van der Waals surface area contributed by atoms with Gasteiger partial charge < -0.3 is 16.0 Å². The lowest BCUT2D eigenvalue weighted by Crippen LogP contribution is -2.24. The Bertz CT molecular complexity index is 933. The van der Waals surface area contributed by atoms with Gasteiger partial charge in [-0.05, 0) is 35.9 Å². The van der Waals surface area contributed by atoms with Crippen LogP contribution in [-0.4, -0.2) is 19.0 Å². The molecule has 0 aliphatic carbocycles. The monoisotopic (exact) mass is 391 g/mol. The van der Waals surface area contributed by atoms with Crippen LogP contribution in [-0.2, 0) is 4.79 Å². The summed E-state index contributed by atoms with van der Waals surface area (Å²) in [6.07, 6.45) is 0. The minimum Gasteiger partial charge on any atom is -0.341 e. The highest BCUT2D eigenvalue weighted by atomic mass is 32.2. The van der Waals surface area contributed by atoms with Gasteiger partial charge in [-0.2, -0.15) is 0 Å². The molecule has 0 saturated heterocycles. The Morgan fingerprint density at radius 2 is 1.39 bits per heavy atom. The van der Waals surface area contributed by atoms with E-state index in [1.165, 1.54) is 11.8 Å². The zero-order chi connectivity index (χ0) is 19.8. The second-order valence-corrected chi connectivity index (χ2v) is 7.17. The van der Waals surface area contributed by atoms with E-state index < -0.39 is 5.25 Å². The number of benzene rings is 3. The molecule has 142 valence electrons. The first-order chi connectivity index (χ1) is 13.7. The van der Waals surface area contributed by atoms with E-state index in [4.69, 9.17) is 0 Å². The molecule has 0 radical (unpaired) electrons. The molecule has 0 aromatic heterocycles. The van der Waals surface area contributed by atoms with Gasteiger partial charge in [-0.1, -0.05) is 54.6 Å². The molecule has 0 aliphatic rings. The van der Waals surface area contributed by atoms with Crippen molar-refractivity contribution in [2.45, 2.75) is 10.1 Å². The number of urea groups is 1. The molecule has 3 aromatic carbocycles. The average Bonchev–Trinajstić information content (AvgIpc) is 2.73. The number of anilines is 2. The first kappa shape index (κ1) is 19.5. The van der Waals surface area contributed by atoms with E-state index in [-0.39, 0.29) is 11.9 Å². The Morgan fingerprint density at radius 1 is 0.786 bits per heavy atom. The molecule has 0 heterocycles. The van der Waals surface area contributed by atoms with E-state index >= 15 is 0 Å². The average molecular weight is 391 g/mol. The number of hydrogen-bond donors (Lipinski definition) is 3. The van der Waals surface area contributed by atoms with Crippen LogP contribution in [0.4, 0.5) is 16.2 Å². The molecule has 3 N–H and O–H groups in total. The fourth-order valence-corrected chi connectivity index (χ4v) is 3.66. The number of carbonyl (C=O) groups is 2. The summed E-state index contributed by atoms with van der Waals surface area (Å²) >= 11 is 1.50. The summed E-state index contributed by atoms with van der Waals surface area (Å²) in [5, 5.41) is 7.76. The smallest absolute Gasteiger partial charge is 0.318 e. The van der Waals surface area contributed by atoms with Crippen molar-refractivity contribution in [2.24, 2.45) is 0 Å². The highest BCUT2D eigenvalue weighted by molar-refractivity contribution is 8.00. The van der Waals surface area contributed by atoms with Crippen LogP contribution in [0.3, 0.4) is 0 Å². The van der Waals surface area contributed by atoms with Gasteiger partial charge in [0.25, 0.3) is 0 Å². The second kappa shape index (κ2) is 9.62. The van der Waals surface area contributed by atoms with E-state index in [1.54, 1.807) is 31.3 Å². The molecule has 0 bridgehead atoms. The predicted molar refractivity (Wildman–Crippen MR) is 115 cm³/mol. The molecule has 0 fully saturated rings. The number of carbonyl (C=O) groups excluding carboxylic acids is 2. The van der Waals surface area contributed by atoms with Crippen molar-refractivity contribution < 1.29 is 9.59 Å². The summed E-state index contributed by atoms with van der Waals surface area (Å²) in [7, 11) is 1.55. The molecule has 0 aliphatic heterocycles. The van der Waals surface area contributed by atoms with Gasteiger partial charge in [-0.25, -0.2) is 4.79 Å². The van der Waals surface area contributed by atoms with Crippen molar-refractivity contribution in [3.63, 3.8) is 0 Å². The molecule has 6 heteroatoms. The third-order valence-electron chi connectivity index (χ3n) is 3.95. The van der Waals surface area contributed by atoms with Crippen LogP contribution in [0.15, 0.2) is 89.8 Å². The number of hydrogen-bond acceptors (Lipinski definition) is 3. The fourth-order valence-electron chi connectivity index (χ4n) is 2.61. The lowest BCUT2D eigenvalue weighted by Gasteiger charge is -2.17. The normalized spacial score (nSPS) is 11.3. The van der Waals surface area contributed by atoms with E-state index in [0.717, 1.165) is 10.5 Å². The van der Waals surface area contributed by atoms with Crippen molar-refractivity contribution >= 4 is 35.1 Å². The number of nitrogens with one attached hydrogen (secondary N) is 3. The molecule has 0 spiro atoms. The minimum atomic E-state index is -0.404. The summed E-state index contributed by atoms with van der Waals surface area (Å²) in [4.78, 5) is 25.6. The maximum absolute atomic E-state index is 13.1. The summed E-state index contributed by atoms with van der Waals surface area (Å²) in [5.41, 5.74) is 2.14. The van der Waals surface area contributed by atoms with Gasteiger partial charge in [0.1, 0.15) is 5.25 Å². The SMILES string of the molecule is CNC(=O)Nc1cccc(NC(=O)C(Sc2ccccc2)c2ccccc2)c1. The zero-order valence-electron chi connectivity index (χ0n) is 15.4. The van der Waals surface area contributed by atoms with Crippen molar-refractivity contribution in [3.8, 4) is 0 Å². The quantitative estimate of drug-likeness (QED) is 0.523. The fraction of sp³-hybridized carbons (Fsp3) is 0.0909. The molecular formula is C22H21N3O2S. The van der Waals surface area contributed by atoms with Gasteiger partial charge >= 0.3 is 6.03 Å². The van der Waals surface area contributed by atoms with Gasteiger partial charge in [-0.15, -0.1) is 11.8 Å². The first-order valence-corrected chi connectivity index (χ1v) is 9.70. The third kappa shape index (κ3) is 5.37. The molecule has 0 saturated carbocycles. The largest absolute Gasteiger partial charge is 0.341 e. The summed E-state index contributed by atoms with van der Waals surface area (Å²) in [5.74, 6) is -0.128. The molecule has 1 atom stereocenters. The Morgan fingerprint density at radius 3 is 2.04 bits per heavy atom. The van der Waals surface area contributed by atoms with Crippen LogP contribution in [0.2, 0.25) is 0 Å². The van der Waals surface area contributed by atoms with E-state index in [9.17, 15) is 9.59 Å². The highest BCUT2D eigenvalue weighted by Crippen LogP contribution is 2.36. The van der Waals surface area contributed by atoms with Gasteiger partial charge in [0.05, 0.1) is 0 Å². The summed E-state index contributed by atoms with van der Waals surface area (Å²) in [6, 6.07) is 26.3. The molecule has 28 heavy (non-hydrogen) atoms. The van der Waals surface area contributed by atoms with Gasteiger partial charge in [0, 0.05) is 23.3 Å². The Hall–Kier alpha value is -3.25. The molecule has 3 aromatic rings. The minimum absolute atomic E-state index is 0.128. The molecule has 3 amide bonds.